The van der Waals surface area contributed by atoms with Crippen molar-refractivity contribution in [1.29, 1.82) is 0 Å². The van der Waals surface area contributed by atoms with Crippen LogP contribution in [0.25, 0.3) is 27.6 Å². The van der Waals surface area contributed by atoms with Gasteiger partial charge in [0, 0.05) is 37.1 Å². The highest BCUT2D eigenvalue weighted by Crippen LogP contribution is 2.46. The Morgan fingerprint density at radius 2 is 2.14 bits per heavy atom. The van der Waals surface area contributed by atoms with E-state index in [-0.39, 0.29) is 17.9 Å². The fourth-order valence-corrected chi connectivity index (χ4v) is 5.97. The second-order valence-corrected chi connectivity index (χ2v) is 9.59. The second-order valence-electron chi connectivity index (χ2n) is 9.59. The standard InChI is InChI=1S/C24H25FN10/c1-11-15-10-34(18(11)7-16(15)26)23-20-14-5-12(25)6-17(27-2)21(14)31-22(20)32-24(33-23)30-13-8-28-19-3-4-29-35(19)9-13/h3-6,8-9,11,15-16,18,27H,7,10,26H2,1-2H3,(H2,30,31,32,33)/t11-,15?,16-,18+/m1/s1. The molecule has 178 valence electrons. The minimum atomic E-state index is -0.312. The molecule has 4 aromatic heterocycles. The summed E-state index contributed by atoms with van der Waals surface area (Å²) in [5, 5.41) is 12.2. The molecule has 2 bridgehead atoms. The maximum absolute atomic E-state index is 14.6. The summed E-state index contributed by atoms with van der Waals surface area (Å²) in [6, 6.07) is 5.35. The fourth-order valence-electron chi connectivity index (χ4n) is 5.97. The summed E-state index contributed by atoms with van der Waals surface area (Å²) in [6.07, 6.45) is 6.18. The van der Waals surface area contributed by atoms with E-state index in [2.05, 4.69) is 37.5 Å². The van der Waals surface area contributed by atoms with Crippen LogP contribution in [0.2, 0.25) is 0 Å². The Labute approximate surface area is 199 Å². The average molecular weight is 473 g/mol. The van der Waals surface area contributed by atoms with Crippen molar-refractivity contribution in [2.75, 3.05) is 29.1 Å². The minimum absolute atomic E-state index is 0.198. The topological polar surface area (TPSA) is 125 Å². The summed E-state index contributed by atoms with van der Waals surface area (Å²) >= 11 is 0. The zero-order valence-electron chi connectivity index (χ0n) is 19.3. The van der Waals surface area contributed by atoms with Crippen molar-refractivity contribution < 1.29 is 4.39 Å². The maximum Gasteiger partial charge on any atom is 0.231 e. The summed E-state index contributed by atoms with van der Waals surface area (Å²) in [4.78, 5) is 19.9. The molecule has 5 heterocycles. The molecule has 2 fully saturated rings. The van der Waals surface area contributed by atoms with E-state index in [0.29, 0.717) is 34.8 Å². The van der Waals surface area contributed by atoms with E-state index in [1.165, 1.54) is 6.07 Å². The van der Waals surface area contributed by atoms with E-state index < -0.39 is 0 Å². The van der Waals surface area contributed by atoms with E-state index in [4.69, 9.17) is 15.7 Å². The van der Waals surface area contributed by atoms with E-state index >= 15 is 0 Å². The lowest BCUT2D eigenvalue weighted by molar-refractivity contribution is 0.436. The zero-order chi connectivity index (χ0) is 23.8. The third-order valence-corrected chi connectivity index (χ3v) is 7.70. The minimum Gasteiger partial charge on any atom is -0.386 e. The number of aromatic amines is 1. The Morgan fingerprint density at radius 1 is 1.26 bits per heavy atom. The number of nitrogens with two attached hydrogens (primary N) is 1. The highest BCUT2D eigenvalue weighted by Gasteiger charge is 2.49. The van der Waals surface area contributed by atoms with Crippen LogP contribution >= 0.6 is 0 Å². The first-order chi connectivity index (χ1) is 17.0. The van der Waals surface area contributed by atoms with Gasteiger partial charge >= 0.3 is 0 Å². The van der Waals surface area contributed by atoms with Crippen LogP contribution in [0.3, 0.4) is 0 Å². The van der Waals surface area contributed by atoms with Gasteiger partial charge in [-0.05, 0) is 30.4 Å². The smallest absolute Gasteiger partial charge is 0.231 e. The third-order valence-electron chi connectivity index (χ3n) is 7.70. The molecule has 35 heavy (non-hydrogen) atoms. The molecule has 1 saturated heterocycles. The van der Waals surface area contributed by atoms with Crippen LogP contribution < -0.4 is 21.3 Å². The lowest BCUT2D eigenvalue weighted by Gasteiger charge is -2.31. The van der Waals surface area contributed by atoms with Crippen molar-refractivity contribution in [3.63, 3.8) is 0 Å². The first kappa shape index (κ1) is 20.4. The number of halogens is 1. The molecule has 7 rings (SSSR count). The summed E-state index contributed by atoms with van der Waals surface area (Å²) in [6.45, 7) is 3.08. The zero-order valence-corrected chi connectivity index (χ0v) is 19.3. The molecule has 4 atom stereocenters. The molecule has 2 aliphatic rings. The number of nitrogens with zero attached hydrogens (tertiary/aromatic N) is 6. The number of fused-ring (bicyclic) bond motifs is 6. The van der Waals surface area contributed by atoms with Gasteiger partial charge in [0.25, 0.3) is 0 Å². The van der Waals surface area contributed by atoms with Gasteiger partial charge in [0.2, 0.25) is 5.95 Å². The number of aromatic nitrogens is 6. The largest absolute Gasteiger partial charge is 0.386 e. The third kappa shape index (κ3) is 2.97. The highest BCUT2D eigenvalue weighted by atomic mass is 19.1. The normalized spacial score (nSPS) is 23.7. The molecule has 1 aliphatic heterocycles. The number of anilines is 4. The molecule has 10 nitrogen and oxygen atoms in total. The molecule has 0 radical (unpaired) electrons. The number of nitrogens with one attached hydrogen (secondary N) is 3. The van der Waals surface area contributed by atoms with Crippen LogP contribution in [0.5, 0.6) is 0 Å². The average Bonchev–Trinajstić information content (AvgIpc) is 3.59. The number of piperidine rings is 1. The van der Waals surface area contributed by atoms with Gasteiger partial charge in [-0.1, -0.05) is 6.92 Å². The Kier molecular flexibility index (Phi) is 4.23. The van der Waals surface area contributed by atoms with Gasteiger partial charge in [-0.3, -0.25) is 0 Å². The molecule has 1 aromatic carbocycles. The van der Waals surface area contributed by atoms with E-state index in [9.17, 15) is 4.39 Å². The van der Waals surface area contributed by atoms with Crippen LogP contribution in [0.1, 0.15) is 13.3 Å². The summed E-state index contributed by atoms with van der Waals surface area (Å²) < 4.78 is 16.3. The Bertz CT molecular complexity index is 1610. The van der Waals surface area contributed by atoms with Gasteiger partial charge in [0.15, 0.2) is 5.65 Å². The first-order valence-corrected chi connectivity index (χ1v) is 11.8. The van der Waals surface area contributed by atoms with Gasteiger partial charge in [0.1, 0.15) is 17.3 Å². The van der Waals surface area contributed by atoms with Gasteiger partial charge < -0.3 is 26.3 Å². The monoisotopic (exact) mass is 472 g/mol. The lowest BCUT2D eigenvalue weighted by Crippen LogP contribution is -2.41. The van der Waals surface area contributed by atoms with Gasteiger partial charge in [0.05, 0.1) is 40.9 Å². The quantitative estimate of drug-likeness (QED) is 0.314. The van der Waals surface area contributed by atoms with Crippen LogP contribution in [-0.4, -0.2) is 55.2 Å². The van der Waals surface area contributed by atoms with E-state index in [0.717, 1.165) is 40.7 Å². The van der Waals surface area contributed by atoms with E-state index in [1.54, 1.807) is 30.0 Å². The number of rotatable bonds is 4. The fraction of sp³-hybridized carbons (Fsp3) is 0.333. The van der Waals surface area contributed by atoms with Crippen molar-refractivity contribution >= 4 is 50.7 Å². The van der Waals surface area contributed by atoms with Crippen LogP contribution in [0.15, 0.2) is 36.8 Å². The van der Waals surface area contributed by atoms with Gasteiger partial charge in [-0.25, -0.2) is 13.9 Å². The second kappa shape index (κ2) is 7.25. The summed E-state index contributed by atoms with van der Waals surface area (Å²) in [5.41, 5.74) is 9.98. The van der Waals surface area contributed by atoms with Crippen molar-refractivity contribution in [3.8, 4) is 0 Å². The van der Waals surface area contributed by atoms with E-state index in [1.807, 2.05) is 12.3 Å². The van der Waals surface area contributed by atoms with Crippen molar-refractivity contribution in [2.24, 2.45) is 17.6 Å². The molecule has 11 heteroatoms. The van der Waals surface area contributed by atoms with Crippen LogP contribution in [0.4, 0.5) is 27.5 Å². The Morgan fingerprint density at radius 3 is 2.91 bits per heavy atom. The van der Waals surface area contributed by atoms with Crippen LogP contribution in [-0.2, 0) is 0 Å². The highest BCUT2D eigenvalue weighted by molar-refractivity contribution is 6.15. The predicted octanol–water partition coefficient (Wildman–Crippen LogP) is 3.25. The SMILES string of the molecule is CNc1cc(F)cc2c1[nH]c1nc(Nc3cnc4ccnn4c3)nc(N3CC4[C@H](N)C[C@H]3[C@@H]4C)c12. The predicted molar refractivity (Wildman–Crippen MR) is 134 cm³/mol. The Balaban J connectivity index is 1.42. The number of H-pyrrole nitrogens is 1. The van der Waals surface area contributed by atoms with Gasteiger partial charge in [-0.15, -0.1) is 0 Å². The molecule has 0 amide bonds. The summed E-state index contributed by atoms with van der Waals surface area (Å²) in [7, 11) is 1.78. The first-order valence-electron chi connectivity index (χ1n) is 11.8. The molecule has 5 N–H and O–H groups in total. The molecular weight excluding hydrogens is 447 g/mol. The van der Waals surface area contributed by atoms with Gasteiger partial charge in [-0.2, -0.15) is 15.1 Å². The lowest BCUT2D eigenvalue weighted by atomic mass is 9.98. The van der Waals surface area contributed by atoms with Crippen molar-refractivity contribution in [2.45, 2.75) is 25.4 Å². The Hall–Kier alpha value is -3.99. The molecular formula is C24H25FN10. The maximum atomic E-state index is 14.6. The summed E-state index contributed by atoms with van der Waals surface area (Å²) in [5.74, 6) is 1.78. The number of benzene rings is 1. The number of hydrogen-bond acceptors (Lipinski definition) is 8. The van der Waals surface area contributed by atoms with Crippen molar-refractivity contribution in [1.82, 2.24) is 29.5 Å². The van der Waals surface area contributed by atoms with Crippen molar-refractivity contribution in [3.05, 3.63) is 42.6 Å². The molecule has 1 unspecified atom stereocenters. The molecule has 1 aliphatic carbocycles. The molecule has 5 aromatic rings. The molecule has 1 saturated carbocycles. The number of hydrogen-bond donors (Lipinski definition) is 4. The van der Waals surface area contributed by atoms with Crippen LogP contribution in [0, 0.1) is 17.7 Å². The molecule has 0 spiro atoms.